The van der Waals surface area contributed by atoms with Gasteiger partial charge in [-0.2, -0.15) is 5.10 Å². The number of nitrogens with one attached hydrogen (secondary N) is 1. The van der Waals surface area contributed by atoms with Gasteiger partial charge in [-0.3, -0.25) is 4.79 Å². The van der Waals surface area contributed by atoms with Crippen LogP contribution < -0.4 is 5.32 Å². The highest BCUT2D eigenvalue weighted by atomic mass is 35.5. The molecular weight excluding hydrogens is 317 g/mol. The molecule has 0 unspecified atom stereocenters. The molecule has 23 heavy (non-hydrogen) atoms. The van der Waals surface area contributed by atoms with E-state index < -0.39 is 11.7 Å². The standard InChI is InChI=1S/C17H13ClFN3O/c1-11-8-9-20-22(11)14-5-2-12(3-6-14)17(23)21-16-7-4-13(18)10-15(16)19/h2-10H,1H3,(H,21,23). The molecular formula is C17H13ClFN3O. The molecule has 0 spiro atoms. The van der Waals surface area contributed by atoms with E-state index in [1.54, 1.807) is 35.1 Å². The van der Waals surface area contributed by atoms with Gasteiger partial charge in [-0.15, -0.1) is 0 Å². The van der Waals surface area contributed by atoms with E-state index in [1.807, 2.05) is 13.0 Å². The average Bonchev–Trinajstić information content (AvgIpc) is 2.96. The van der Waals surface area contributed by atoms with Crippen LogP contribution in [0.3, 0.4) is 0 Å². The third-order valence-electron chi connectivity index (χ3n) is 3.39. The van der Waals surface area contributed by atoms with Crippen LogP contribution in [-0.2, 0) is 0 Å². The van der Waals surface area contributed by atoms with E-state index in [1.165, 1.54) is 12.1 Å². The summed E-state index contributed by atoms with van der Waals surface area (Å²) in [6.07, 6.45) is 1.71. The van der Waals surface area contributed by atoms with Crippen molar-refractivity contribution in [2.45, 2.75) is 6.92 Å². The van der Waals surface area contributed by atoms with E-state index in [0.717, 1.165) is 17.4 Å². The number of carbonyl (C=O) groups excluding carboxylic acids is 1. The number of carbonyl (C=O) groups is 1. The van der Waals surface area contributed by atoms with Gasteiger partial charge >= 0.3 is 0 Å². The Kier molecular flexibility index (Phi) is 4.12. The predicted octanol–water partition coefficient (Wildman–Crippen LogP) is 4.23. The molecule has 0 aliphatic heterocycles. The van der Waals surface area contributed by atoms with Crippen molar-refractivity contribution in [3.05, 3.63) is 76.8 Å². The number of hydrogen-bond donors (Lipinski definition) is 1. The number of nitrogens with zero attached hydrogens (tertiary/aromatic N) is 2. The molecule has 0 aliphatic carbocycles. The Morgan fingerprint density at radius 1 is 1.17 bits per heavy atom. The molecule has 0 aliphatic rings. The van der Waals surface area contributed by atoms with E-state index in [9.17, 15) is 9.18 Å². The van der Waals surface area contributed by atoms with E-state index in [0.29, 0.717) is 5.56 Å². The Labute approximate surface area is 137 Å². The summed E-state index contributed by atoms with van der Waals surface area (Å²) in [6.45, 7) is 1.94. The van der Waals surface area contributed by atoms with Gasteiger partial charge in [0.1, 0.15) is 5.82 Å². The molecule has 0 saturated carbocycles. The highest BCUT2D eigenvalue weighted by Gasteiger charge is 2.10. The van der Waals surface area contributed by atoms with Crippen LogP contribution in [0.15, 0.2) is 54.7 Å². The van der Waals surface area contributed by atoms with Crippen LogP contribution in [0.1, 0.15) is 16.1 Å². The molecule has 0 atom stereocenters. The summed E-state index contributed by atoms with van der Waals surface area (Å²) in [4.78, 5) is 12.2. The van der Waals surface area contributed by atoms with Crippen molar-refractivity contribution in [1.82, 2.24) is 9.78 Å². The monoisotopic (exact) mass is 329 g/mol. The minimum Gasteiger partial charge on any atom is -0.319 e. The minimum atomic E-state index is -0.574. The van der Waals surface area contributed by atoms with Gasteiger partial charge in [0.05, 0.1) is 11.4 Å². The van der Waals surface area contributed by atoms with Crippen molar-refractivity contribution < 1.29 is 9.18 Å². The summed E-state index contributed by atoms with van der Waals surface area (Å²) in [5.41, 5.74) is 2.35. The summed E-state index contributed by atoms with van der Waals surface area (Å²) in [7, 11) is 0. The maximum absolute atomic E-state index is 13.7. The molecule has 1 aromatic heterocycles. The smallest absolute Gasteiger partial charge is 0.255 e. The molecule has 2 aromatic carbocycles. The molecule has 3 aromatic rings. The SMILES string of the molecule is Cc1ccnn1-c1ccc(C(=O)Nc2ccc(Cl)cc2F)cc1. The van der Waals surface area contributed by atoms with Crippen molar-refractivity contribution in [3.8, 4) is 5.69 Å². The minimum absolute atomic E-state index is 0.0893. The maximum atomic E-state index is 13.7. The highest BCUT2D eigenvalue weighted by molar-refractivity contribution is 6.30. The summed E-state index contributed by atoms with van der Waals surface area (Å²) < 4.78 is 15.5. The van der Waals surface area contributed by atoms with E-state index in [-0.39, 0.29) is 10.7 Å². The summed E-state index contributed by atoms with van der Waals surface area (Å²) in [5.74, 6) is -0.968. The second kappa shape index (κ2) is 6.22. The molecule has 1 amide bonds. The Bertz CT molecular complexity index is 859. The van der Waals surface area contributed by atoms with Crippen molar-refractivity contribution >= 4 is 23.2 Å². The number of aromatic nitrogens is 2. The van der Waals surface area contributed by atoms with Gasteiger partial charge in [0.25, 0.3) is 5.91 Å². The Hall–Kier alpha value is -2.66. The number of rotatable bonds is 3. The zero-order chi connectivity index (χ0) is 16.4. The van der Waals surface area contributed by atoms with Gasteiger partial charge in [-0.25, -0.2) is 9.07 Å². The first-order chi connectivity index (χ1) is 11.0. The quantitative estimate of drug-likeness (QED) is 0.781. The van der Waals surface area contributed by atoms with Crippen molar-refractivity contribution in [2.75, 3.05) is 5.32 Å². The third-order valence-corrected chi connectivity index (χ3v) is 3.62. The summed E-state index contributed by atoms with van der Waals surface area (Å²) in [5, 5.41) is 7.00. The van der Waals surface area contributed by atoms with Crippen LogP contribution in [0.25, 0.3) is 5.69 Å². The largest absolute Gasteiger partial charge is 0.319 e. The number of aryl methyl sites for hydroxylation is 1. The molecule has 0 fully saturated rings. The second-order valence-electron chi connectivity index (χ2n) is 5.01. The molecule has 0 radical (unpaired) electrons. The van der Waals surface area contributed by atoms with Gasteiger partial charge in [0.15, 0.2) is 0 Å². The number of amides is 1. The predicted molar refractivity (Wildman–Crippen MR) is 87.7 cm³/mol. The first-order valence-electron chi connectivity index (χ1n) is 6.92. The lowest BCUT2D eigenvalue weighted by Crippen LogP contribution is -2.13. The molecule has 3 rings (SSSR count). The summed E-state index contributed by atoms with van der Waals surface area (Å²) in [6, 6.07) is 12.9. The first-order valence-corrected chi connectivity index (χ1v) is 7.30. The number of hydrogen-bond acceptors (Lipinski definition) is 2. The lowest BCUT2D eigenvalue weighted by molar-refractivity contribution is 0.102. The maximum Gasteiger partial charge on any atom is 0.255 e. The Morgan fingerprint density at radius 3 is 2.52 bits per heavy atom. The Balaban J connectivity index is 1.79. The normalized spacial score (nSPS) is 10.6. The fourth-order valence-corrected chi connectivity index (χ4v) is 2.34. The van der Waals surface area contributed by atoms with Crippen molar-refractivity contribution in [3.63, 3.8) is 0 Å². The van der Waals surface area contributed by atoms with Gasteiger partial charge in [0, 0.05) is 22.5 Å². The van der Waals surface area contributed by atoms with Crippen LogP contribution in [0.4, 0.5) is 10.1 Å². The molecule has 116 valence electrons. The second-order valence-corrected chi connectivity index (χ2v) is 5.45. The lowest BCUT2D eigenvalue weighted by atomic mass is 10.2. The molecule has 1 N–H and O–H groups in total. The van der Waals surface area contributed by atoms with E-state index in [4.69, 9.17) is 11.6 Å². The van der Waals surface area contributed by atoms with Crippen molar-refractivity contribution in [2.24, 2.45) is 0 Å². The highest BCUT2D eigenvalue weighted by Crippen LogP contribution is 2.20. The third kappa shape index (κ3) is 3.24. The molecule has 0 saturated heterocycles. The van der Waals surface area contributed by atoms with Crippen LogP contribution in [-0.4, -0.2) is 15.7 Å². The van der Waals surface area contributed by atoms with Crippen LogP contribution in [0.5, 0.6) is 0 Å². The van der Waals surface area contributed by atoms with E-state index in [2.05, 4.69) is 10.4 Å². The summed E-state index contributed by atoms with van der Waals surface area (Å²) >= 11 is 5.69. The topological polar surface area (TPSA) is 46.9 Å². The van der Waals surface area contributed by atoms with Crippen LogP contribution >= 0.6 is 11.6 Å². The first kappa shape index (κ1) is 15.2. The lowest BCUT2D eigenvalue weighted by Gasteiger charge is -2.08. The number of benzene rings is 2. The van der Waals surface area contributed by atoms with Crippen LogP contribution in [0, 0.1) is 12.7 Å². The Morgan fingerprint density at radius 2 is 1.91 bits per heavy atom. The zero-order valence-corrected chi connectivity index (χ0v) is 13.0. The average molecular weight is 330 g/mol. The zero-order valence-electron chi connectivity index (χ0n) is 12.3. The molecule has 4 nitrogen and oxygen atoms in total. The van der Waals surface area contributed by atoms with Gasteiger partial charge < -0.3 is 5.32 Å². The van der Waals surface area contributed by atoms with Crippen LogP contribution in [0.2, 0.25) is 5.02 Å². The fourth-order valence-electron chi connectivity index (χ4n) is 2.18. The molecule has 0 bridgehead atoms. The fraction of sp³-hybridized carbons (Fsp3) is 0.0588. The van der Waals surface area contributed by atoms with Gasteiger partial charge in [0.2, 0.25) is 0 Å². The van der Waals surface area contributed by atoms with E-state index >= 15 is 0 Å². The van der Waals surface area contributed by atoms with Crippen molar-refractivity contribution in [1.29, 1.82) is 0 Å². The van der Waals surface area contributed by atoms with Gasteiger partial charge in [-0.1, -0.05) is 11.6 Å². The van der Waals surface area contributed by atoms with Gasteiger partial charge in [-0.05, 0) is 55.5 Å². The molecule has 1 heterocycles. The number of anilines is 1. The number of halogens is 2. The molecule has 6 heteroatoms.